The minimum atomic E-state index is -0.988. The lowest BCUT2D eigenvalue weighted by molar-refractivity contribution is -0.123. The van der Waals surface area contributed by atoms with Crippen LogP contribution < -0.4 is 10.6 Å². The minimum Gasteiger partial charge on any atom is -0.449 e. The van der Waals surface area contributed by atoms with Crippen molar-refractivity contribution in [2.75, 3.05) is 10.6 Å². The molecule has 25 heavy (non-hydrogen) atoms. The quantitative estimate of drug-likeness (QED) is 0.819. The van der Waals surface area contributed by atoms with Gasteiger partial charge in [0.1, 0.15) is 0 Å². The Balaban J connectivity index is 2.06. The second-order valence-corrected chi connectivity index (χ2v) is 5.58. The predicted octanol–water partition coefficient (Wildman–Crippen LogP) is 3.14. The molecule has 0 aliphatic heterocycles. The van der Waals surface area contributed by atoms with Crippen LogP contribution in [-0.4, -0.2) is 23.9 Å². The van der Waals surface area contributed by atoms with Crippen molar-refractivity contribution in [3.05, 3.63) is 59.7 Å². The fraction of sp³-hybridized carbons (Fsp3) is 0.211. The average Bonchev–Trinajstić information content (AvgIpc) is 2.56. The summed E-state index contributed by atoms with van der Waals surface area (Å²) in [7, 11) is 0. The average molecular weight is 340 g/mol. The number of hydrogen-bond acceptors (Lipinski definition) is 4. The van der Waals surface area contributed by atoms with Gasteiger partial charge in [0.2, 0.25) is 5.91 Å². The van der Waals surface area contributed by atoms with Crippen LogP contribution in [0.25, 0.3) is 0 Å². The lowest BCUT2D eigenvalue weighted by Gasteiger charge is -2.16. The van der Waals surface area contributed by atoms with E-state index in [1.54, 1.807) is 24.3 Å². The monoisotopic (exact) mass is 340 g/mol. The number of benzene rings is 2. The van der Waals surface area contributed by atoms with E-state index in [1.807, 2.05) is 25.1 Å². The van der Waals surface area contributed by atoms with E-state index >= 15 is 0 Å². The van der Waals surface area contributed by atoms with Gasteiger partial charge in [0.15, 0.2) is 6.10 Å². The molecule has 130 valence electrons. The molecule has 0 aliphatic carbocycles. The number of carbonyl (C=O) groups is 3. The van der Waals surface area contributed by atoms with Crippen LogP contribution in [-0.2, 0) is 14.3 Å². The third-order valence-corrected chi connectivity index (χ3v) is 3.51. The number of carbonyl (C=O) groups excluding carboxylic acids is 3. The summed E-state index contributed by atoms with van der Waals surface area (Å²) >= 11 is 0. The Bertz CT molecular complexity index is 802. The number of hydrogen-bond donors (Lipinski definition) is 2. The molecular weight excluding hydrogens is 320 g/mol. The molecule has 6 heteroatoms. The Kier molecular flexibility index (Phi) is 5.89. The first-order chi connectivity index (χ1) is 11.9. The van der Waals surface area contributed by atoms with Crippen LogP contribution in [0.4, 0.5) is 11.4 Å². The maximum atomic E-state index is 12.3. The first-order valence-corrected chi connectivity index (χ1v) is 7.82. The van der Waals surface area contributed by atoms with Crippen molar-refractivity contribution >= 4 is 29.2 Å². The van der Waals surface area contributed by atoms with Gasteiger partial charge in [-0.2, -0.15) is 0 Å². The van der Waals surface area contributed by atoms with Crippen molar-refractivity contribution in [3.63, 3.8) is 0 Å². The van der Waals surface area contributed by atoms with Crippen molar-refractivity contribution in [1.29, 1.82) is 0 Å². The van der Waals surface area contributed by atoms with E-state index in [2.05, 4.69) is 10.6 Å². The number of aryl methyl sites for hydroxylation is 1. The molecule has 0 bridgehead atoms. The van der Waals surface area contributed by atoms with Gasteiger partial charge in [-0.15, -0.1) is 0 Å². The largest absolute Gasteiger partial charge is 0.449 e. The first-order valence-electron chi connectivity index (χ1n) is 7.82. The molecule has 0 heterocycles. The highest BCUT2D eigenvalue weighted by molar-refractivity contribution is 6.02. The van der Waals surface area contributed by atoms with Gasteiger partial charge in [0.05, 0.1) is 11.3 Å². The Hall–Kier alpha value is -3.15. The van der Waals surface area contributed by atoms with E-state index in [9.17, 15) is 14.4 Å². The molecule has 0 aromatic heterocycles. The van der Waals surface area contributed by atoms with Crippen LogP contribution in [0, 0.1) is 6.92 Å². The topological polar surface area (TPSA) is 84.5 Å². The molecule has 2 amide bonds. The number of nitrogens with one attached hydrogen (secondary N) is 2. The summed E-state index contributed by atoms with van der Waals surface area (Å²) in [5.41, 5.74) is 2.10. The summed E-state index contributed by atoms with van der Waals surface area (Å²) in [5.74, 6) is -1.41. The highest BCUT2D eigenvalue weighted by atomic mass is 16.5. The van der Waals surface area contributed by atoms with Crippen molar-refractivity contribution in [1.82, 2.24) is 0 Å². The molecule has 2 rings (SSSR count). The van der Waals surface area contributed by atoms with Crippen LogP contribution in [0.5, 0.6) is 0 Å². The van der Waals surface area contributed by atoms with Gasteiger partial charge >= 0.3 is 5.97 Å². The Labute approximate surface area is 146 Å². The first kappa shape index (κ1) is 18.2. The number of rotatable bonds is 5. The molecule has 2 aromatic carbocycles. The maximum Gasteiger partial charge on any atom is 0.341 e. The summed E-state index contributed by atoms with van der Waals surface area (Å²) < 4.78 is 5.23. The molecule has 2 N–H and O–H groups in total. The number of esters is 1. The summed E-state index contributed by atoms with van der Waals surface area (Å²) in [6.45, 7) is 4.71. The summed E-state index contributed by atoms with van der Waals surface area (Å²) in [6.07, 6.45) is -0.988. The van der Waals surface area contributed by atoms with E-state index in [0.717, 1.165) is 5.56 Å². The molecule has 0 radical (unpaired) electrons. The highest BCUT2D eigenvalue weighted by Gasteiger charge is 2.21. The standard InChI is InChI=1S/C19H20N2O4/c1-12-8-4-6-10-16(12)21-18(23)13(2)25-19(24)15-9-5-7-11-17(15)20-14(3)22/h4-11,13H,1-3H3,(H,20,22)(H,21,23). The normalized spacial score (nSPS) is 11.3. The Morgan fingerprint density at radius 2 is 1.52 bits per heavy atom. The zero-order valence-corrected chi connectivity index (χ0v) is 14.3. The number of ether oxygens (including phenoxy) is 1. The number of para-hydroxylation sites is 2. The Morgan fingerprint density at radius 3 is 2.16 bits per heavy atom. The predicted molar refractivity (Wildman–Crippen MR) is 95.4 cm³/mol. The van der Waals surface area contributed by atoms with Crippen molar-refractivity contribution in [3.8, 4) is 0 Å². The van der Waals surface area contributed by atoms with Crippen LogP contribution in [0.3, 0.4) is 0 Å². The van der Waals surface area contributed by atoms with E-state index in [1.165, 1.54) is 19.9 Å². The fourth-order valence-electron chi connectivity index (χ4n) is 2.18. The third-order valence-electron chi connectivity index (χ3n) is 3.51. The molecule has 6 nitrogen and oxygen atoms in total. The number of anilines is 2. The fourth-order valence-corrected chi connectivity index (χ4v) is 2.18. The highest BCUT2D eigenvalue weighted by Crippen LogP contribution is 2.18. The van der Waals surface area contributed by atoms with E-state index < -0.39 is 18.0 Å². The molecule has 0 aliphatic rings. The van der Waals surface area contributed by atoms with Gasteiger partial charge < -0.3 is 15.4 Å². The zero-order chi connectivity index (χ0) is 18.4. The van der Waals surface area contributed by atoms with Gasteiger partial charge in [-0.05, 0) is 37.6 Å². The summed E-state index contributed by atoms with van der Waals surface area (Å²) in [5, 5.41) is 5.29. The lowest BCUT2D eigenvalue weighted by Crippen LogP contribution is -2.30. The molecule has 2 aromatic rings. The zero-order valence-electron chi connectivity index (χ0n) is 14.3. The lowest BCUT2D eigenvalue weighted by atomic mass is 10.1. The maximum absolute atomic E-state index is 12.3. The van der Waals surface area contributed by atoms with E-state index in [0.29, 0.717) is 11.4 Å². The third kappa shape index (κ3) is 4.91. The molecule has 0 fully saturated rings. The van der Waals surface area contributed by atoms with E-state index in [-0.39, 0.29) is 11.5 Å². The van der Waals surface area contributed by atoms with Crippen LogP contribution in [0.1, 0.15) is 29.8 Å². The smallest absolute Gasteiger partial charge is 0.341 e. The minimum absolute atomic E-state index is 0.188. The van der Waals surface area contributed by atoms with Crippen LogP contribution in [0.2, 0.25) is 0 Å². The molecule has 0 spiro atoms. The van der Waals surface area contributed by atoms with Crippen LogP contribution in [0.15, 0.2) is 48.5 Å². The van der Waals surface area contributed by atoms with Gasteiger partial charge in [-0.3, -0.25) is 9.59 Å². The van der Waals surface area contributed by atoms with Crippen molar-refractivity contribution in [2.24, 2.45) is 0 Å². The second kappa shape index (κ2) is 8.10. The van der Waals surface area contributed by atoms with Gasteiger partial charge in [0.25, 0.3) is 5.91 Å². The molecule has 0 saturated carbocycles. The summed E-state index contributed by atoms with van der Waals surface area (Å²) in [6, 6.07) is 13.8. The summed E-state index contributed by atoms with van der Waals surface area (Å²) in [4.78, 5) is 35.8. The second-order valence-electron chi connectivity index (χ2n) is 5.58. The number of amides is 2. The van der Waals surface area contributed by atoms with Gasteiger partial charge in [-0.25, -0.2) is 4.79 Å². The van der Waals surface area contributed by atoms with Gasteiger partial charge in [-0.1, -0.05) is 30.3 Å². The Morgan fingerprint density at radius 1 is 0.920 bits per heavy atom. The SMILES string of the molecule is CC(=O)Nc1ccccc1C(=O)OC(C)C(=O)Nc1ccccc1C. The molecule has 1 atom stereocenters. The molecular formula is C19H20N2O4. The molecule has 0 saturated heterocycles. The van der Waals surface area contributed by atoms with E-state index in [4.69, 9.17) is 4.74 Å². The molecule has 1 unspecified atom stereocenters. The van der Waals surface area contributed by atoms with Crippen molar-refractivity contribution in [2.45, 2.75) is 26.9 Å². The van der Waals surface area contributed by atoms with Crippen molar-refractivity contribution < 1.29 is 19.1 Å². The van der Waals surface area contributed by atoms with Crippen LogP contribution >= 0.6 is 0 Å². The van der Waals surface area contributed by atoms with Gasteiger partial charge in [0, 0.05) is 12.6 Å².